The van der Waals surface area contributed by atoms with Gasteiger partial charge in [0, 0.05) is 55.6 Å². The van der Waals surface area contributed by atoms with E-state index in [-0.39, 0.29) is 24.2 Å². The number of imidazole rings is 1. The number of anilines is 1. The van der Waals surface area contributed by atoms with Crippen molar-refractivity contribution in [2.75, 3.05) is 37.7 Å². The molecular weight excluding hydrogens is 475 g/mol. The van der Waals surface area contributed by atoms with E-state index in [4.69, 9.17) is 9.68 Å². The van der Waals surface area contributed by atoms with Gasteiger partial charge in [-0.05, 0) is 36.8 Å². The second-order valence-corrected chi connectivity index (χ2v) is 9.44. The highest BCUT2D eigenvalue weighted by atomic mass is 19.4. The van der Waals surface area contributed by atoms with Crippen LogP contribution in [0.4, 0.5) is 18.9 Å². The standard InChI is InChI=1S/C25H24F3N5O3/c26-25(27,28)21-9-19(2-1-17(21)10-29)32-7-5-24(15-34)14-33(12-18(24)11-32)23(35)22-4-3-20(36-22)13-31-8-6-30-16-31/h1-4,6,8-9,16,18,34H,5,7,11-15H2/t18-,24+/m1/s1. The molecule has 1 amide bonds. The van der Waals surface area contributed by atoms with Gasteiger partial charge in [-0.15, -0.1) is 0 Å². The summed E-state index contributed by atoms with van der Waals surface area (Å²) < 4.78 is 48.0. The first kappa shape index (κ1) is 23.9. The zero-order valence-electron chi connectivity index (χ0n) is 19.3. The number of amides is 1. The topological polar surface area (TPSA) is 98.5 Å². The largest absolute Gasteiger partial charge is 0.454 e. The molecule has 11 heteroatoms. The minimum absolute atomic E-state index is 0.125. The molecule has 0 spiro atoms. The Morgan fingerprint density at radius 1 is 1.28 bits per heavy atom. The fourth-order valence-corrected chi connectivity index (χ4v) is 5.29. The summed E-state index contributed by atoms with van der Waals surface area (Å²) in [5.74, 6) is 0.400. The van der Waals surface area contributed by atoms with Crippen molar-refractivity contribution in [2.24, 2.45) is 11.3 Å². The van der Waals surface area contributed by atoms with E-state index in [1.54, 1.807) is 41.8 Å². The molecule has 8 nitrogen and oxygen atoms in total. The first-order valence-electron chi connectivity index (χ1n) is 11.5. The number of likely N-dealkylation sites (tertiary alicyclic amines) is 1. The number of aliphatic hydroxyl groups is 1. The molecule has 2 fully saturated rings. The number of alkyl halides is 3. The number of aliphatic hydroxyl groups excluding tert-OH is 1. The SMILES string of the molecule is N#Cc1ccc(N2CC[C@@]3(CO)CN(C(=O)c4ccc(Cn5ccnc5)o4)C[C@H]3C2)cc1C(F)(F)F. The smallest absolute Gasteiger partial charge is 0.417 e. The summed E-state index contributed by atoms with van der Waals surface area (Å²) in [4.78, 5) is 20.7. The van der Waals surface area contributed by atoms with Crippen molar-refractivity contribution in [2.45, 2.75) is 19.1 Å². The molecule has 2 atom stereocenters. The number of halogens is 3. The minimum atomic E-state index is -4.64. The Morgan fingerprint density at radius 3 is 2.81 bits per heavy atom. The highest BCUT2D eigenvalue weighted by Gasteiger charge is 2.51. The van der Waals surface area contributed by atoms with Crippen molar-refractivity contribution >= 4 is 11.6 Å². The third-order valence-electron chi connectivity index (χ3n) is 7.30. The number of fused-ring (bicyclic) bond motifs is 1. The van der Waals surface area contributed by atoms with Gasteiger partial charge in [-0.2, -0.15) is 18.4 Å². The number of benzene rings is 1. The van der Waals surface area contributed by atoms with Crippen LogP contribution in [-0.4, -0.2) is 58.3 Å². The normalized spacial score (nSPS) is 21.9. The fraction of sp³-hybridized carbons (Fsp3) is 0.400. The van der Waals surface area contributed by atoms with Crippen molar-refractivity contribution in [3.05, 3.63) is 71.7 Å². The van der Waals surface area contributed by atoms with Gasteiger partial charge in [0.2, 0.25) is 0 Å². The van der Waals surface area contributed by atoms with E-state index in [0.29, 0.717) is 50.6 Å². The first-order valence-corrected chi connectivity index (χ1v) is 11.5. The quantitative estimate of drug-likeness (QED) is 0.578. The van der Waals surface area contributed by atoms with Crippen molar-refractivity contribution in [3.63, 3.8) is 0 Å². The molecule has 3 aromatic rings. The second-order valence-electron chi connectivity index (χ2n) is 9.44. The molecule has 1 N–H and O–H groups in total. The van der Waals surface area contributed by atoms with Gasteiger partial charge in [-0.25, -0.2) is 4.98 Å². The second kappa shape index (κ2) is 9.02. The van der Waals surface area contributed by atoms with Gasteiger partial charge in [0.05, 0.1) is 36.7 Å². The number of nitrogens with zero attached hydrogens (tertiary/aromatic N) is 5. The van der Waals surface area contributed by atoms with Crippen LogP contribution < -0.4 is 4.90 Å². The maximum atomic E-state index is 13.5. The molecule has 0 aliphatic carbocycles. The Balaban J connectivity index is 1.32. The first-order chi connectivity index (χ1) is 17.2. The summed E-state index contributed by atoms with van der Waals surface area (Å²) in [5, 5.41) is 19.3. The van der Waals surface area contributed by atoms with Gasteiger partial charge in [-0.3, -0.25) is 4.79 Å². The minimum Gasteiger partial charge on any atom is -0.454 e. The summed E-state index contributed by atoms with van der Waals surface area (Å²) in [5.41, 5.74) is -1.55. The molecule has 2 saturated heterocycles. The van der Waals surface area contributed by atoms with E-state index in [2.05, 4.69) is 4.98 Å². The van der Waals surface area contributed by atoms with Gasteiger partial charge in [0.15, 0.2) is 5.76 Å². The lowest BCUT2D eigenvalue weighted by Gasteiger charge is -2.43. The van der Waals surface area contributed by atoms with Gasteiger partial charge >= 0.3 is 6.18 Å². The van der Waals surface area contributed by atoms with E-state index in [1.165, 1.54) is 12.1 Å². The number of hydrogen-bond donors (Lipinski definition) is 1. The number of nitriles is 1. The summed E-state index contributed by atoms with van der Waals surface area (Å²) in [6.07, 6.45) is 0.973. The molecule has 2 aromatic heterocycles. The highest BCUT2D eigenvalue weighted by molar-refractivity contribution is 5.91. The molecule has 2 aliphatic rings. The zero-order valence-corrected chi connectivity index (χ0v) is 19.3. The van der Waals surface area contributed by atoms with E-state index < -0.39 is 22.7 Å². The van der Waals surface area contributed by atoms with Crippen LogP contribution in [0.2, 0.25) is 0 Å². The maximum absolute atomic E-state index is 13.5. The van der Waals surface area contributed by atoms with Crippen LogP contribution in [-0.2, 0) is 12.7 Å². The van der Waals surface area contributed by atoms with Crippen LogP contribution in [0.1, 0.15) is 33.9 Å². The molecular formula is C25H24F3N5O3. The number of aromatic nitrogens is 2. The lowest BCUT2D eigenvalue weighted by molar-refractivity contribution is -0.137. The third-order valence-corrected chi connectivity index (χ3v) is 7.30. The van der Waals surface area contributed by atoms with E-state index in [0.717, 1.165) is 6.07 Å². The Hall–Kier alpha value is -3.78. The maximum Gasteiger partial charge on any atom is 0.417 e. The molecule has 5 rings (SSSR count). The number of carbonyl (C=O) groups excluding carboxylic acids is 1. The van der Waals surface area contributed by atoms with Crippen LogP contribution >= 0.6 is 0 Å². The van der Waals surface area contributed by atoms with Crippen LogP contribution in [0.15, 0.2) is 53.5 Å². The lowest BCUT2D eigenvalue weighted by atomic mass is 9.73. The summed E-state index contributed by atoms with van der Waals surface area (Å²) in [7, 11) is 0. The number of piperidine rings is 1. The molecule has 36 heavy (non-hydrogen) atoms. The lowest BCUT2D eigenvalue weighted by Crippen LogP contribution is -2.49. The average molecular weight is 499 g/mol. The Kier molecular flexibility index (Phi) is 6.00. The average Bonchev–Trinajstić information content (AvgIpc) is 3.63. The van der Waals surface area contributed by atoms with Gasteiger partial charge in [0.1, 0.15) is 5.76 Å². The third kappa shape index (κ3) is 4.33. The molecule has 4 heterocycles. The van der Waals surface area contributed by atoms with E-state index >= 15 is 0 Å². The molecule has 0 unspecified atom stereocenters. The number of furan rings is 1. The predicted octanol–water partition coefficient (Wildman–Crippen LogP) is 3.38. The fourth-order valence-electron chi connectivity index (χ4n) is 5.29. The Morgan fingerprint density at radius 2 is 2.11 bits per heavy atom. The van der Waals surface area contributed by atoms with Crippen molar-refractivity contribution in [1.29, 1.82) is 5.26 Å². The monoisotopic (exact) mass is 499 g/mol. The molecule has 0 radical (unpaired) electrons. The number of carbonyl (C=O) groups is 1. The number of hydrogen-bond acceptors (Lipinski definition) is 6. The van der Waals surface area contributed by atoms with Gasteiger partial charge in [0.25, 0.3) is 5.91 Å². The van der Waals surface area contributed by atoms with Crippen LogP contribution in [0.25, 0.3) is 0 Å². The molecule has 0 saturated carbocycles. The predicted molar refractivity (Wildman–Crippen MR) is 122 cm³/mol. The zero-order chi connectivity index (χ0) is 25.5. The summed E-state index contributed by atoms with van der Waals surface area (Å²) >= 11 is 0. The summed E-state index contributed by atoms with van der Waals surface area (Å²) in [6.45, 7) is 1.83. The molecule has 0 bridgehead atoms. The number of rotatable bonds is 5. The van der Waals surface area contributed by atoms with Crippen LogP contribution in [0, 0.1) is 22.7 Å². The van der Waals surface area contributed by atoms with Gasteiger partial charge in [-0.1, -0.05) is 0 Å². The highest BCUT2D eigenvalue weighted by Crippen LogP contribution is 2.44. The van der Waals surface area contributed by atoms with E-state index in [9.17, 15) is 23.1 Å². The van der Waals surface area contributed by atoms with Crippen LogP contribution in [0.5, 0.6) is 0 Å². The summed E-state index contributed by atoms with van der Waals surface area (Å²) in [6, 6.07) is 8.68. The van der Waals surface area contributed by atoms with E-state index in [1.807, 2.05) is 9.47 Å². The molecule has 2 aliphatic heterocycles. The Bertz CT molecular complexity index is 1300. The van der Waals surface area contributed by atoms with Gasteiger partial charge < -0.3 is 23.9 Å². The van der Waals surface area contributed by atoms with Crippen molar-refractivity contribution < 1.29 is 27.5 Å². The Labute approximate surface area is 205 Å². The van der Waals surface area contributed by atoms with Crippen LogP contribution in [0.3, 0.4) is 0 Å². The molecule has 1 aromatic carbocycles. The van der Waals surface area contributed by atoms with Crippen molar-refractivity contribution in [1.82, 2.24) is 14.5 Å². The van der Waals surface area contributed by atoms with Crippen molar-refractivity contribution in [3.8, 4) is 6.07 Å². The molecule has 188 valence electrons.